The van der Waals surface area contributed by atoms with Crippen molar-refractivity contribution >= 4 is 45.9 Å². The fourth-order valence-corrected chi connectivity index (χ4v) is 2.56. The molecule has 2 N–H and O–H groups in total. The van der Waals surface area contributed by atoms with Crippen LogP contribution in [0, 0.1) is 0 Å². The van der Waals surface area contributed by atoms with Crippen LogP contribution in [0.2, 0.25) is 5.02 Å². The fraction of sp³-hybridized carbons (Fsp3) is 0. The number of carbonyl (C=O) groups excluding carboxylic acids is 1. The molecule has 1 heterocycles. The highest BCUT2D eigenvalue weighted by atomic mass is 35.5. The summed E-state index contributed by atoms with van der Waals surface area (Å²) in [6, 6.07) is 16.1. The van der Waals surface area contributed by atoms with Crippen molar-refractivity contribution in [2.24, 2.45) is 5.10 Å². The molecule has 0 saturated heterocycles. The Morgan fingerprint density at radius 2 is 1.83 bits per heavy atom. The first-order valence-corrected chi connectivity index (χ1v) is 8.15. The normalized spacial score (nSPS) is 10.7. The van der Waals surface area contributed by atoms with Gasteiger partial charge in [0.2, 0.25) is 5.13 Å². The number of hydrogen-bond acceptors (Lipinski definition) is 6. The van der Waals surface area contributed by atoms with Gasteiger partial charge in [0, 0.05) is 16.3 Å². The van der Waals surface area contributed by atoms with E-state index in [0.29, 0.717) is 20.7 Å². The highest BCUT2D eigenvalue weighted by molar-refractivity contribution is 7.16. The molecule has 0 fully saturated rings. The molecule has 24 heavy (non-hydrogen) atoms. The summed E-state index contributed by atoms with van der Waals surface area (Å²) >= 11 is 7.15. The number of rotatable bonds is 5. The van der Waals surface area contributed by atoms with Crippen molar-refractivity contribution in [3.63, 3.8) is 0 Å². The molecular formula is C16H12ClN5OS. The van der Waals surface area contributed by atoms with E-state index in [2.05, 4.69) is 26.0 Å². The summed E-state index contributed by atoms with van der Waals surface area (Å²) in [4.78, 5) is 11.8. The van der Waals surface area contributed by atoms with Gasteiger partial charge in [0.15, 0.2) is 5.01 Å². The van der Waals surface area contributed by atoms with E-state index in [-0.39, 0.29) is 5.91 Å². The molecule has 0 atom stereocenters. The number of benzene rings is 2. The Kier molecular flexibility index (Phi) is 5.15. The van der Waals surface area contributed by atoms with Crippen LogP contribution in [-0.2, 0) is 0 Å². The largest absolute Gasteiger partial charge is 0.330 e. The molecule has 0 aliphatic rings. The minimum absolute atomic E-state index is 0.282. The van der Waals surface area contributed by atoms with Crippen LogP contribution in [0.5, 0.6) is 0 Å². The van der Waals surface area contributed by atoms with Gasteiger partial charge in [-0.1, -0.05) is 41.1 Å². The number of anilines is 2. The summed E-state index contributed by atoms with van der Waals surface area (Å²) in [5, 5.41) is 16.8. The molecular weight excluding hydrogens is 346 g/mol. The third-order valence-electron chi connectivity index (χ3n) is 2.91. The van der Waals surface area contributed by atoms with Crippen LogP contribution in [0.15, 0.2) is 59.7 Å². The van der Waals surface area contributed by atoms with Gasteiger partial charge in [-0.2, -0.15) is 5.10 Å². The molecule has 0 aliphatic carbocycles. The molecule has 6 nitrogen and oxygen atoms in total. The van der Waals surface area contributed by atoms with E-state index in [4.69, 9.17) is 11.6 Å². The Balaban J connectivity index is 1.57. The second-order valence-electron chi connectivity index (χ2n) is 4.64. The zero-order chi connectivity index (χ0) is 16.8. The van der Waals surface area contributed by atoms with Crippen LogP contribution in [0.3, 0.4) is 0 Å². The van der Waals surface area contributed by atoms with Crippen LogP contribution < -0.4 is 10.7 Å². The zero-order valence-corrected chi connectivity index (χ0v) is 13.9. The lowest BCUT2D eigenvalue weighted by molar-refractivity contribution is 0.0955. The number of aromatic nitrogens is 2. The third-order valence-corrected chi connectivity index (χ3v) is 3.94. The summed E-state index contributed by atoms with van der Waals surface area (Å²) in [6.45, 7) is 0. The highest BCUT2D eigenvalue weighted by Gasteiger charge is 2.04. The predicted molar refractivity (Wildman–Crippen MR) is 96.1 cm³/mol. The van der Waals surface area contributed by atoms with Crippen LogP contribution >= 0.6 is 22.9 Å². The molecule has 3 aromatic rings. The Morgan fingerprint density at radius 3 is 2.58 bits per heavy atom. The average Bonchev–Trinajstić information content (AvgIpc) is 3.05. The number of hydrazone groups is 1. The molecule has 0 aliphatic heterocycles. The summed E-state index contributed by atoms with van der Waals surface area (Å²) in [5.41, 5.74) is 3.84. The average molecular weight is 358 g/mol. The van der Waals surface area contributed by atoms with E-state index in [0.717, 1.165) is 5.69 Å². The van der Waals surface area contributed by atoms with E-state index in [1.807, 2.05) is 18.2 Å². The van der Waals surface area contributed by atoms with Gasteiger partial charge in [-0.05, 0) is 36.4 Å². The summed E-state index contributed by atoms with van der Waals surface area (Å²) in [5.74, 6) is -0.282. The number of halogens is 1. The monoisotopic (exact) mass is 357 g/mol. The van der Waals surface area contributed by atoms with Crippen molar-refractivity contribution in [3.8, 4) is 0 Å². The number of nitrogens with zero attached hydrogens (tertiary/aromatic N) is 3. The first-order valence-electron chi connectivity index (χ1n) is 6.95. The smallest absolute Gasteiger partial charge is 0.271 e. The van der Waals surface area contributed by atoms with E-state index in [1.54, 1.807) is 36.4 Å². The van der Waals surface area contributed by atoms with E-state index < -0.39 is 0 Å². The molecule has 2 aromatic carbocycles. The molecule has 1 amide bonds. The molecule has 1 aromatic heterocycles. The Morgan fingerprint density at radius 1 is 1.08 bits per heavy atom. The maximum absolute atomic E-state index is 11.8. The van der Waals surface area contributed by atoms with E-state index in [9.17, 15) is 4.79 Å². The summed E-state index contributed by atoms with van der Waals surface area (Å²) < 4.78 is 0. The van der Waals surface area contributed by atoms with Gasteiger partial charge in [-0.25, -0.2) is 5.43 Å². The minimum atomic E-state index is -0.282. The quantitative estimate of drug-likeness (QED) is 0.539. The van der Waals surface area contributed by atoms with Crippen LogP contribution in [-0.4, -0.2) is 22.3 Å². The van der Waals surface area contributed by atoms with Gasteiger partial charge in [-0.15, -0.1) is 10.2 Å². The lowest BCUT2D eigenvalue weighted by atomic mass is 10.2. The lowest BCUT2D eigenvalue weighted by Crippen LogP contribution is -2.17. The predicted octanol–water partition coefficient (Wildman–Crippen LogP) is 3.70. The van der Waals surface area contributed by atoms with Crippen molar-refractivity contribution in [2.75, 3.05) is 5.32 Å². The van der Waals surface area contributed by atoms with Crippen molar-refractivity contribution in [3.05, 3.63) is 70.2 Å². The Labute approximate surface area is 147 Å². The van der Waals surface area contributed by atoms with E-state index >= 15 is 0 Å². The standard InChI is InChI=1S/C16H12ClN5OS/c17-12-6-8-13(9-7-12)19-16-22-20-14(24-16)10-18-21-15(23)11-4-2-1-3-5-11/h1-10H,(H,19,22)(H,21,23)/b18-10+. The van der Waals surface area contributed by atoms with Crippen LogP contribution in [0.25, 0.3) is 0 Å². The highest BCUT2D eigenvalue weighted by Crippen LogP contribution is 2.21. The molecule has 0 spiro atoms. The van der Waals surface area contributed by atoms with E-state index in [1.165, 1.54) is 17.6 Å². The first-order chi connectivity index (χ1) is 11.7. The van der Waals surface area contributed by atoms with Gasteiger partial charge >= 0.3 is 0 Å². The molecule has 0 saturated carbocycles. The van der Waals surface area contributed by atoms with Gasteiger partial charge in [-0.3, -0.25) is 4.79 Å². The molecule has 8 heteroatoms. The molecule has 0 radical (unpaired) electrons. The second-order valence-corrected chi connectivity index (χ2v) is 6.09. The minimum Gasteiger partial charge on any atom is -0.330 e. The van der Waals surface area contributed by atoms with Gasteiger partial charge in [0.1, 0.15) is 0 Å². The Bertz CT molecular complexity index is 848. The van der Waals surface area contributed by atoms with Crippen molar-refractivity contribution in [1.29, 1.82) is 0 Å². The van der Waals surface area contributed by atoms with Crippen LogP contribution in [0.1, 0.15) is 15.4 Å². The lowest BCUT2D eigenvalue weighted by Gasteiger charge is -2.00. The summed E-state index contributed by atoms with van der Waals surface area (Å²) in [7, 11) is 0. The van der Waals surface area contributed by atoms with Crippen molar-refractivity contribution in [2.45, 2.75) is 0 Å². The summed E-state index contributed by atoms with van der Waals surface area (Å²) in [6.07, 6.45) is 1.45. The second kappa shape index (κ2) is 7.67. The number of nitrogens with one attached hydrogen (secondary N) is 2. The van der Waals surface area contributed by atoms with Gasteiger partial charge in [0.05, 0.1) is 6.21 Å². The maximum atomic E-state index is 11.8. The first kappa shape index (κ1) is 16.1. The van der Waals surface area contributed by atoms with Crippen LogP contribution in [0.4, 0.5) is 10.8 Å². The molecule has 120 valence electrons. The number of hydrogen-bond donors (Lipinski definition) is 2. The molecule has 0 bridgehead atoms. The molecule has 3 rings (SSSR count). The van der Waals surface area contributed by atoms with Crippen molar-refractivity contribution < 1.29 is 4.79 Å². The molecule has 0 unspecified atom stereocenters. The third kappa shape index (κ3) is 4.37. The fourth-order valence-electron chi connectivity index (χ4n) is 1.79. The number of amides is 1. The van der Waals surface area contributed by atoms with Gasteiger partial charge < -0.3 is 5.32 Å². The zero-order valence-electron chi connectivity index (χ0n) is 12.3. The maximum Gasteiger partial charge on any atom is 0.271 e. The van der Waals surface area contributed by atoms with Crippen molar-refractivity contribution in [1.82, 2.24) is 15.6 Å². The van der Waals surface area contributed by atoms with Gasteiger partial charge in [0.25, 0.3) is 5.91 Å². The SMILES string of the molecule is O=C(N/N=C/c1nnc(Nc2ccc(Cl)cc2)s1)c1ccccc1. The Hall–Kier alpha value is -2.77. The topological polar surface area (TPSA) is 79.3 Å². The number of carbonyl (C=O) groups is 1.